The molecule has 0 fully saturated rings. The summed E-state index contributed by atoms with van der Waals surface area (Å²) in [7, 11) is 0. The molecule has 0 unspecified atom stereocenters. The highest BCUT2D eigenvalue weighted by Crippen LogP contribution is 2.52. The van der Waals surface area contributed by atoms with Crippen molar-refractivity contribution in [3.8, 4) is 22.3 Å². The van der Waals surface area contributed by atoms with Crippen LogP contribution in [0.1, 0.15) is 132 Å². The summed E-state index contributed by atoms with van der Waals surface area (Å²) in [6.45, 7) is 35.4. The summed E-state index contributed by atoms with van der Waals surface area (Å²) in [5.74, 6) is 0. The molecular weight excluding hydrogens is 781 g/mol. The molecule has 65 heavy (non-hydrogen) atoms. The molecule has 0 nitrogen and oxygen atoms in total. The van der Waals surface area contributed by atoms with E-state index in [0.29, 0.717) is 0 Å². The fourth-order valence-electron chi connectivity index (χ4n) is 8.53. The van der Waals surface area contributed by atoms with Gasteiger partial charge in [-0.05, 0) is 139 Å². The van der Waals surface area contributed by atoms with E-state index in [1.807, 2.05) is 53.7 Å². The van der Waals surface area contributed by atoms with E-state index in [0.717, 1.165) is 12.0 Å². The fraction of sp³-hybridized carbons (Fsp3) is 0.292. The second-order valence-electron chi connectivity index (χ2n) is 16.8. The molecule has 0 radical (unpaired) electrons. The van der Waals surface area contributed by atoms with Gasteiger partial charge in [0.25, 0.3) is 0 Å². The maximum atomic E-state index is 4.07. The molecule has 0 heterocycles. The Hall–Kier alpha value is -5.98. The Balaban J connectivity index is 0.000000222. The highest BCUT2D eigenvalue weighted by Gasteiger charge is 2.39. The first-order chi connectivity index (χ1) is 31.5. The predicted molar refractivity (Wildman–Crippen MR) is 294 cm³/mol. The van der Waals surface area contributed by atoms with Crippen molar-refractivity contribution in [1.82, 2.24) is 0 Å². The Morgan fingerprint density at radius 3 is 1.77 bits per heavy atom. The lowest BCUT2D eigenvalue weighted by Gasteiger charge is -2.23. The Kier molecular flexibility index (Phi) is 22.5. The molecule has 0 bridgehead atoms. The molecule has 0 saturated carbocycles. The summed E-state index contributed by atoms with van der Waals surface area (Å²) in [4.78, 5) is 0. The van der Waals surface area contributed by atoms with Crippen molar-refractivity contribution in [1.29, 1.82) is 0 Å². The van der Waals surface area contributed by atoms with Gasteiger partial charge in [-0.1, -0.05) is 255 Å². The lowest BCUT2D eigenvalue weighted by Crippen LogP contribution is -2.15. The Labute approximate surface area is 397 Å². The van der Waals surface area contributed by atoms with Crippen molar-refractivity contribution < 1.29 is 0 Å². The van der Waals surface area contributed by atoms with E-state index < -0.39 is 0 Å². The van der Waals surface area contributed by atoms with E-state index in [4.69, 9.17) is 0 Å². The monoisotopic (exact) mass is 861 g/mol. The number of allylic oxidation sites excluding steroid dienone is 13. The van der Waals surface area contributed by atoms with Crippen molar-refractivity contribution in [3.63, 3.8) is 0 Å². The van der Waals surface area contributed by atoms with Gasteiger partial charge in [-0.15, -0.1) is 0 Å². The highest BCUT2D eigenvalue weighted by atomic mass is 14.4. The van der Waals surface area contributed by atoms with E-state index in [9.17, 15) is 0 Å². The van der Waals surface area contributed by atoms with Crippen LogP contribution in [0, 0.1) is 34.6 Å². The van der Waals surface area contributed by atoms with Crippen LogP contribution < -0.4 is 0 Å². The van der Waals surface area contributed by atoms with Crippen LogP contribution in [-0.2, 0) is 5.41 Å². The van der Waals surface area contributed by atoms with Gasteiger partial charge >= 0.3 is 0 Å². The average molecular weight is 861 g/mol. The molecule has 4 aliphatic carbocycles. The van der Waals surface area contributed by atoms with Crippen LogP contribution in [0.3, 0.4) is 0 Å². The molecule has 0 atom stereocenters. The summed E-state index contributed by atoms with van der Waals surface area (Å²) in [5, 5.41) is 0. The normalized spacial score (nSPS) is 15.4. The topological polar surface area (TPSA) is 0 Å². The van der Waals surface area contributed by atoms with E-state index in [1.54, 1.807) is 5.57 Å². The number of rotatable bonds is 3. The smallest absolute Gasteiger partial charge is 0.0155 e. The van der Waals surface area contributed by atoms with Gasteiger partial charge in [-0.25, -0.2) is 0 Å². The summed E-state index contributed by atoms with van der Waals surface area (Å²) in [6.07, 6.45) is 25.6. The van der Waals surface area contributed by atoms with Gasteiger partial charge in [0.2, 0.25) is 0 Å². The zero-order chi connectivity index (χ0) is 47.9. The second-order valence-corrected chi connectivity index (χ2v) is 16.8. The standard InChI is InChI=1S/C16H18.C16H16.C14H14.C13H14.3C2H6/c1-11-7-6-10-14-15(11)12-8-4-5-9-13(12)16(14,2)3;1-4-14-7-5-6-8-16(14)15-10-9-12(2)11-13(15)3;1-11-3-7-13(8-4-11)14-9-5-12(2)6-10-14;1-11-7-3-2-4-8-12-9-5-6-10-13(11)12;3*1-2/h6-10H,4-5H2,1-3H3;4-11H,1H2,2-3H3;3-10H,1-2H3;2-4,6-7,10H,1,5,8-9H2;3*1-2H3/b;;;4-2-,7-3-;;;. The molecule has 0 amide bonds. The lowest BCUT2D eigenvalue weighted by atomic mass is 9.80. The van der Waals surface area contributed by atoms with Crippen LogP contribution in [0.15, 0.2) is 193 Å². The third kappa shape index (κ3) is 14.5. The van der Waals surface area contributed by atoms with Gasteiger partial charge in [-0.3, -0.25) is 0 Å². The molecule has 0 spiro atoms. The summed E-state index contributed by atoms with van der Waals surface area (Å²) < 4.78 is 0. The molecule has 0 aromatic heterocycles. The Bertz CT molecular complexity index is 2430. The lowest BCUT2D eigenvalue weighted by molar-refractivity contribution is 0.654. The Morgan fingerprint density at radius 1 is 0.554 bits per heavy atom. The van der Waals surface area contributed by atoms with Gasteiger partial charge in [-0.2, -0.15) is 0 Å². The maximum Gasteiger partial charge on any atom is 0.0155 e. The predicted octanol–water partition coefficient (Wildman–Crippen LogP) is 19.8. The minimum absolute atomic E-state index is 0.202. The fourth-order valence-corrected chi connectivity index (χ4v) is 8.53. The van der Waals surface area contributed by atoms with Crippen molar-refractivity contribution in [3.05, 3.63) is 238 Å². The Morgan fingerprint density at radius 2 is 1.15 bits per heavy atom. The number of fused-ring (bicyclic) bond motifs is 3. The highest BCUT2D eigenvalue weighted by molar-refractivity contribution is 5.91. The third-order valence-electron chi connectivity index (χ3n) is 11.9. The average Bonchev–Trinajstić information content (AvgIpc) is 3.58. The van der Waals surface area contributed by atoms with Crippen molar-refractivity contribution in [2.75, 3.05) is 0 Å². The number of hydrogen-bond donors (Lipinski definition) is 0. The van der Waals surface area contributed by atoms with Gasteiger partial charge in [0.05, 0.1) is 0 Å². The van der Waals surface area contributed by atoms with Crippen LogP contribution >= 0.6 is 0 Å². The zero-order valence-electron chi connectivity index (χ0n) is 42.5. The minimum atomic E-state index is 0.202. The van der Waals surface area contributed by atoms with Crippen molar-refractivity contribution >= 4 is 11.6 Å². The van der Waals surface area contributed by atoms with Gasteiger partial charge in [0, 0.05) is 5.41 Å². The summed E-state index contributed by atoms with van der Waals surface area (Å²) in [5.41, 5.74) is 23.3. The second kappa shape index (κ2) is 27.4. The van der Waals surface area contributed by atoms with Crippen LogP contribution in [0.4, 0.5) is 0 Å². The molecule has 0 heteroatoms. The number of hydrogen-bond acceptors (Lipinski definition) is 0. The molecule has 0 saturated heterocycles. The van der Waals surface area contributed by atoms with E-state index in [1.165, 1.54) is 109 Å². The van der Waals surface area contributed by atoms with E-state index in [-0.39, 0.29) is 5.41 Å². The number of benzene rings is 5. The van der Waals surface area contributed by atoms with Crippen LogP contribution in [-0.4, -0.2) is 0 Å². The minimum Gasteiger partial charge on any atom is -0.0984 e. The molecule has 9 rings (SSSR count). The summed E-state index contributed by atoms with van der Waals surface area (Å²) in [6, 6.07) is 38.9. The van der Waals surface area contributed by atoms with Crippen LogP contribution in [0.25, 0.3) is 33.9 Å². The molecule has 5 aromatic carbocycles. The van der Waals surface area contributed by atoms with Crippen molar-refractivity contribution in [2.45, 2.75) is 128 Å². The molecule has 4 aliphatic rings. The first kappa shape index (κ1) is 53.4. The van der Waals surface area contributed by atoms with E-state index in [2.05, 4.69) is 213 Å². The van der Waals surface area contributed by atoms with Gasteiger partial charge in [0.1, 0.15) is 0 Å². The molecule has 340 valence electrons. The van der Waals surface area contributed by atoms with Gasteiger partial charge in [0.15, 0.2) is 0 Å². The number of aryl methyl sites for hydroxylation is 5. The maximum absolute atomic E-state index is 4.07. The molecule has 5 aromatic rings. The van der Waals surface area contributed by atoms with Crippen molar-refractivity contribution in [2.24, 2.45) is 0 Å². The third-order valence-corrected chi connectivity index (χ3v) is 11.9. The molecule has 0 aliphatic heterocycles. The van der Waals surface area contributed by atoms with Crippen LogP contribution in [0.2, 0.25) is 0 Å². The first-order valence-corrected chi connectivity index (χ1v) is 24.3. The first-order valence-electron chi connectivity index (χ1n) is 24.3. The summed E-state index contributed by atoms with van der Waals surface area (Å²) >= 11 is 0. The van der Waals surface area contributed by atoms with E-state index >= 15 is 0 Å². The largest absolute Gasteiger partial charge is 0.0984 e. The van der Waals surface area contributed by atoms with Gasteiger partial charge < -0.3 is 0 Å². The quantitative estimate of drug-likeness (QED) is 0.170. The zero-order valence-corrected chi connectivity index (χ0v) is 42.5. The molecule has 0 N–H and O–H groups in total. The van der Waals surface area contributed by atoms with Crippen LogP contribution in [0.5, 0.6) is 0 Å². The SMILES string of the molecule is C=C1/C=C\C=C/CC2=C1C=CCC2.C=Cc1ccccc1-c1ccc(C)cc1C.CC.CC.CC.Cc1ccc(-c2ccc(C)cc2)cc1.Cc1cccc2c1C1=CCCC=C1C2(C)C. The molecular formula is C65H80.